The minimum absolute atomic E-state index is 0.119. The van der Waals surface area contributed by atoms with Crippen LogP contribution in [0.4, 0.5) is 5.82 Å². The van der Waals surface area contributed by atoms with Crippen molar-refractivity contribution in [3.8, 4) is 0 Å². The molecule has 0 spiro atoms. The molecular weight excluding hydrogens is 334 g/mol. The highest BCUT2D eigenvalue weighted by molar-refractivity contribution is 5.78. The average Bonchev–Trinajstić information content (AvgIpc) is 3.36. The van der Waals surface area contributed by atoms with Gasteiger partial charge in [-0.05, 0) is 38.8 Å². The third kappa shape index (κ3) is 3.12. The lowest BCUT2D eigenvalue weighted by molar-refractivity contribution is -0.120. The lowest BCUT2D eigenvalue weighted by Crippen LogP contribution is -2.26. The van der Waals surface area contributed by atoms with E-state index < -0.39 is 0 Å². The number of nitrogens with one attached hydrogen (secondary N) is 1. The summed E-state index contributed by atoms with van der Waals surface area (Å²) in [6, 6.07) is 3.87. The van der Waals surface area contributed by atoms with Crippen molar-refractivity contribution in [2.45, 2.75) is 39.7 Å². The molecule has 9 heteroatoms. The number of rotatable bonds is 5. The molecule has 1 saturated heterocycles. The van der Waals surface area contributed by atoms with Gasteiger partial charge in [0, 0.05) is 18.7 Å². The molecule has 9 nitrogen and oxygen atoms in total. The van der Waals surface area contributed by atoms with Crippen molar-refractivity contribution in [1.29, 1.82) is 0 Å². The fraction of sp³-hybridized carbons (Fsp3) is 0.471. The van der Waals surface area contributed by atoms with E-state index in [-0.39, 0.29) is 18.9 Å². The van der Waals surface area contributed by atoms with Crippen molar-refractivity contribution in [2.24, 2.45) is 0 Å². The number of amides is 1. The van der Waals surface area contributed by atoms with Crippen molar-refractivity contribution in [3.05, 3.63) is 35.0 Å². The van der Waals surface area contributed by atoms with Crippen molar-refractivity contribution in [2.75, 3.05) is 18.0 Å². The molecule has 0 unspecified atom stereocenters. The van der Waals surface area contributed by atoms with Gasteiger partial charge in [0.25, 0.3) is 0 Å². The van der Waals surface area contributed by atoms with Crippen molar-refractivity contribution in [1.82, 2.24) is 30.3 Å². The van der Waals surface area contributed by atoms with Crippen LogP contribution in [-0.4, -0.2) is 44.0 Å². The molecule has 1 amide bonds. The normalized spacial score (nSPS) is 14.3. The third-order valence-corrected chi connectivity index (χ3v) is 4.71. The fourth-order valence-corrected chi connectivity index (χ4v) is 3.20. The summed E-state index contributed by atoms with van der Waals surface area (Å²) in [5.41, 5.74) is 2.23. The lowest BCUT2D eigenvalue weighted by Gasteiger charge is -2.15. The molecule has 3 aromatic heterocycles. The molecule has 0 atom stereocenters. The minimum atomic E-state index is -0.119. The van der Waals surface area contributed by atoms with E-state index in [0.29, 0.717) is 17.2 Å². The summed E-state index contributed by atoms with van der Waals surface area (Å²) < 4.78 is 6.79. The molecule has 1 N–H and O–H groups in total. The van der Waals surface area contributed by atoms with Crippen LogP contribution >= 0.6 is 0 Å². The standard InChI is InChI=1S/C17H21N7O2/c1-11-13(12(2)26-22-11)9-17(25)18-10-16-20-19-14-5-6-15(21-24(14)16)23-7-3-4-8-23/h5-6H,3-4,7-10H2,1-2H3,(H,18,25). The fourth-order valence-electron chi connectivity index (χ4n) is 3.20. The van der Waals surface area contributed by atoms with Crippen LogP contribution < -0.4 is 10.2 Å². The Morgan fingerprint density at radius 2 is 2.04 bits per heavy atom. The largest absolute Gasteiger partial charge is 0.361 e. The first-order valence-electron chi connectivity index (χ1n) is 8.76. The van der Waals surface area contributed by atoms with Crippen LogP contribution in [0.5, 0.6) is 0 Å². The number of fused-ring (bicyclic) bond motifs is 1. The first-order chi connectivity index (χ1) is 12.6. The molecule has 4 heterocycles. The van der Waals surface area contributed by atoms with Gasteiger partial charge in [0.2, 0.25) is 5.91 Å². The molecule has 0 aliphatic carbocycles. The van der Waals surface area contributed by atoms with Gasteiger partial charge in [0.1, 0.15) is 11.6 Å². The number of aryl methyl sites for hydroxylation is 2. The van der Waals surface area contributed by atoms with Crippen LogP contribution in [0.2, 0.25) is 0 Å². The molecule has 3 aromatic rings. The van der Waals surface area contributed by atoms with Crippen molar-refractivity contribution < 1.29 is 9.32 Å². The molecular formula is C17H21N7O2. The second kappa shape index (κ2) is 6.74. The number of carbonyl (C=O) groups is 1. The van der Waals surface area contributed by atoms with Gasteiger partial charge in [-0.1, -0.05) is 5.16 Å². The summed E-state index contributed by atoms with van der Waals surface area (Å²) in [6.07, 6.45) is 2.60. The summed E-state index contributed by atoms with van der Waals surface area (Å²) in [5.74, 6) is 2.07. The number of nitrogens with zero attached hydrogens (tertiary/aromatic N) is 6. The van der Waals surface area contributed by atoms with Gasteiger partial charge in [0.05, 0.1) is 18.7 Å². The molecule has 0 radical (unpaired) electrons. The molecule has 0 bridgehead atoms. The molecule has 4 rings (SSSR count). The topological polar surface area (TPSA) is 101 Å². The Labute approximate surface area is 150 Å². The Balaban J connectivity index is 1.46. The summed E-state index contributed by atoms with van der Waals surface area (Å²) in [4.78, 5) is 14.5. The number of aromatic nitrogens is 5. The molecule has 1 fully saturated rings. The average molecular weight is 355 g/mol. The van der Waals surface area contributed by atoms with E-state index >= 15 is 0 Å². The highest BCUT2D eigenvalue weighted by Gasteiger charge is 2.17. The number of hydrogen-bond donors (Lipinski definition) is 1. The Hall–Kier alpha value is -2.97. The molecule has 0 saturated carbocycles. The van der Waals surface area contributed by atoms with Gasteiger partial charge in [-0.15, -0.1) is 15.3 Å². The first-order valence-corrected chi connectivity index (χ1v) is 8.76. The van der Waals surface area contributed by atoms with Gasteiger partial charge in [-0.25, -0.2) is 0 Å². The van der Waals surface area contributed by atoms with Crippen LogP contribution in [0, 0.1) is 13.8 Å². The van der Waals surface area contributed by atoms with Crippen LogP contribution in [-0.2, 0) is 17.8 Å². The number of hydrogen-bond acceptors (Lipinski definition) is 7. The molecule has 1 aliphatic heterocycles. The Morgan fingerprint density at radius 1 is 1.23 bits per heavy atom. The predicted octanol–water partition coefficient (Wildman–Crippen LogP) is 1.19. The smallest absolute Gasteiger partial charge is 0.225 e. The Morgan fingerprint density at radius 3 is 2.77 bits per heavy atom. The van der Waals surface area contributed by atoms with Crippen molar-refractivity contribution >= 4 is 17.4 Å². The van der Waals surface area contributed by atoms with Crippen LogP contribution in [0.15, 0.2) is 16.7 Å². The van der Waals surface area contributed by atoms with E-state index in [4.69, 9.17) is 4.52 Å². The summed E-state index contributed by atoms with van der Waals surface area (Å²) >= 11 is 0. The molecule has 136 valence electrons. The van der Waals surface area contributed by atoms with Gasteiger partial charge in [-0.3, -0.25) is 4.79 Å². The van der Waals surface area contributed by atoms with E-state index in [9.17, 15) is 4.79 Å². The molecule has 1 aliphatic rings. The van der Waals surface area contributed by atoms with Crippen LogP contribution in [0.3, 0.4) is 0 Å². The highest BCUT2D eigenvalue weighted by Crippen LogP contribution is 2.18. The van der Waals surface area contributed by atoms with Gasteiger partial charge in [0.15, 0.2) is 11.5 Å². The summed E-state index contributed by atoms with van der Waals surface area (Å²) in [6.45, 7) is 5.93. The van der Waals surface area contributed by atoms with Gasteiger partial charge >= 0.3 is 0 Å². The van der Waals surface area contributed by atoms with E-state index in [0.717, 1.165) is 30.2 Å². The van der Waals surface area contributed by atoms with Crippen LogP contribution in [0.1, 0.15) is 35.7 Å². The highest BCUT2D eigenvalue weighted by atomic mass is 16.5. The lowest BCUT2D eigenvalue weighted by atomic mass is 10.1. The van der Waals surface area contributed by atoms with E-state index in [1.807, 2.05) is 19.1 Å². The maximum atomic E-state index is 12.3. The quantitative estimate of drug-likeness (QED) is 0.733. The summed E-state index contributed by atoms with van der Waals surface area (Å²) in [5, 5.41) is 19.7. The first kappa shape index (κ1) is 16.5. The molecule has 26 heavy (non-hydrogen) atoms. The maximum absolute atomic E-state index is 12.3. The van der Waals surface area contributed by atoms with Gasteiger partial charge in [-0.2, -0.15) is 4.52 Å². The Kier molecular flexibility index (Phi) is 4.27. The monoisotopic (exact) mass is 355 g/mol. The van der Waals surface area contributed by atoms with Gasteiger partial charge < -0.3 is 14.7 Å². The van der Waals surface area contributed by atoms with E-state index in [2.05, 4.69) is 30.7 Å². The SMILES string of the molecule is Cc1noc(C)c1CC(=O)NCc1nnc2ccc(N3CCCC3)nn12. The van der Waals surface area contributed by atoms with Crippen LogP contribution in [0.25, 0.3) is 5.65 Å². The summed E-state index contributed by atoms with van der Waals surface area (Å²) in [7, 11) is 0. The maximum Gasteiger partial charge on any atom is 0.225 e. The zero-order valence-electron chi connectivity index (χ0n) is 14.9. The second-order valence-electron chi connectivity index (χ2n) is 6.53. The minimum Gasteiger partial charge on any atom is -0.361 e. The number of carbonyl (C=O) groups excluding carboxylic acids is 1. The number of anilines is 1. The third-order valence-electron chi connectivity index (χ3n) is 4.71. The predicted molar refractivity (Wildman–Crippen MR) is 93.8 cm³/mol. The second-order valence-corrected chi connectivity index (χ2v) is 6.53. The molecule has 0 aromatic carbocycles. The van der Waals surface area contributed by atoms with E-state index in [1.165, 1.54) is 12.8 Å². The van der Waals surface area contributed by atoms with Crippen molar-refractivity contribution in [3.63, 3.8) is 0 Å². The zero-order chi connectivity index (χ0) is 18.1. The zero-order valence-corrected chi connectivity index (χ0v) is 14.9. The van der Waals surface area contributed by atoms with E-state index in [1.54, 1.807) is 11.4 Å². The Bertz CT molecular complexity index is 920.